The Balaban J connectivity index is 1.38. The molecule has 0 saturated carbocycles. The van der Waals surface area contributed by atoms with Crippen molar-refractivity contribution in [3.8, 4) is 17.2 Å². The Morgan fingerprint density at radius 1 is 1.08 bits per heavy atom. The maximum atomic E-state index is 12.6. The van der Waals surface area contributed by atoms with Gasteiger partial charge < -0.3 is 14.2 Å². The second-order valence-corrected chi connectivity index (χ2v) is 9.39. The number of hydrazone groups is 1. The van der Waals surface area contributed by atoms with Gasteiger partial charge in [0.25, 0.3) is 5.91 Å². The second kappa shape index (κ2) is 11.4. The molecule has 8 nitrogen and oxygen atoms in total. The van der Waals surface area contributed by atoms with Gasteiger partial charge in [-0.1, -0.05) is 39.0 Å². The van der Waals surface area contributed by atoms with Gasteiger partial charge in [0.2, 0.25) is 5.17 Å². The molecule has 1 N–H and O–H groups in total. The number of carbonyl (C=O) groups is 1. The Bertz CT molecular complexity index is 1240. The van der Waals surface area contributed by atoms with Crippen molar-refractivity contribution in [2.45, 2.75) is 39.5 Å². The van der Waals surface area contributed by atoms with Crippen LogP contribution in [0.4, 0.5) is 0 Å². The highest BCUT2D eigenvalue weighted by molar-refractivity contribution is 8.26. The molecule has 2 aromatic rings. The molecule has 2 heterocycles. The number of nitrogens with zero attached hydrogens (tertiary/aromatic N) is 3. The van der Waals surface area contributed by atoms with Gasteiger partial charge in [-0.25, -0.2) is 0 Å². The summed E-state index contributed by atoms with van der Waals surface area (Å²) in [5.41, 5.74) is 2.16. The number of rotatable bonds is 10. The van der Waals surface area contributed by atoms with E-state index in [1.165, 1.54) is 22.3 Å². The molecule has 36 heavy (non-hydrogen) atoms. The van der Waals surface area contributed by atoms with Crippen LogP contribution >= 0.6 is 11.8 Å². The Labute approximate surface area is 215 Å². The maximum absolute atomic E-state index is 12.6. The van der Waals surface area contributed by atoms with Gasteiger partial charge in [-0.05, 0) is 72.0 Å². The van der Waals surface area contributed by atoms with Gasteiger partial charge in [0.15, 0.2) is 17.3 Å². The fraction of sp³-hybridized carbons (Fsp3) is 0.333. The summed E-state index contributed by atoms with van der Waals surface area (Å²) in [4.78, 5) is 16.7. The Hall–Kier alpha value is -3.59. The zero-order chi connectivity index (χ0) is 25.7. The lowest BCUT2D eigenvalue weighted by Gasteiger charge is -2.20. The van der Waals surface area contributed by atoms with Crippen molar-refractivity contribution < 1.29 is 19.0 Å². The minimum Gasteiger partial charge on any atom is -0.493 e. The molecule has 2 aliphatic heterocycles. The molecule has 4 rings (SSSR count). The van der Waals surface area contributed by atoms with Crippen molar-refractivity contribution in [2.75, 3.05) is 20.3 Å². The molecule has 9 heteroatoms. The molecule has 188 valence electrons. The number of thioether (sulfide) groups is 1. The minimum atomic E-state index is -0.458. The van der Waals surface area contributed by atoms with Crippen LogP contribution in [0.2, 0.25) is 0 Å². The van der Waals surface area contributed by atoms with E-state index in [2.05, 4.69) is 36.1 Å². The van der Waals surface area contributed by atoms with E-state index >= 15 is 0 Å². The minimum absolute atomic E-state index is 0.00887. The van der Waals surface area contributed by atoms with Gasteiger partial charge in [0, 0.05) is 0 Å². The van der Waals surface area contributed by atoms with Gasteiger partial charge in [0.05, 0.1) is 12.7 Å². The molecule has 2 aliphatic rings. The van der Waals surface area contributed by atoms with Gasteiger partial charge in [-0.15, -0.1) is 0 Å². The summed E-state index contributed by atoms with van der Waals surface area (Å²) in [5, 5.41) is 15.5. The van der Waals surface area contributed by atoms with E-state index in [1.54, 1.807) is 31.4 Å². The molecule has 0 fully saturated rings. The van der Waals surface area contributed by atoms with Crippen LogP contribution in [0.15, 0.2) is 58.1 Å². The summed E-state index contributed by atoms with van der Waals surface area (Å²) in [5.74, 6) is 1.96. The quantitative estimate of drug-likeness (QED) is 0.328. The first-order chi connectivity index (χ1) is 17.4. The van der Waals surface area contributed by atoms with Crippen molar-refractivity contribution in [1.82, 2.24) is 5.01 Å². The molecule has 0 saturated heterocycles. The van der Waals surface area contributed by atoms with Gasteiger partial charge >= 0.3 is 0 Å². The third-order valence-electron chi connectivity index (χ3n) is 5.97. The van der Waals surface area contributed by atoms with E-state index in [9.17, 15) is 4.79 Å². The van der Waals surface area contributed by atoms with Crippen LogP contribution in [0.1, 0.15) is 50.7 Å². The van der Waals surface area contributed by atoms with Gasteiger partial charge in [-0.3, -0.25) is 10.2 Å². The number of amidine groups is 2. The van der Waals surface area contributed by atoms with Crippen LogP contribution in [0.3, 0.4) is 0 Å². The van der Waals surface area contributed by atoms with Crippen LogP contribution in [-0.4, -0.2) is 47.3 Å². The van der Waals surface area contributed by atoms with Crippen LogP contribution < -0.4 is 14.2 Å². The number of ether oxygens (including phenoxy) is 3. The Kier molecular flexibility index (Phi) is 8.10. The molecule has 0 radical (unpaired) electrons. The summed E-state index contributed by atoms with van der Waals surface area (Å²) in [6.45, 7) is 7.09. The zero-order valence-corrected chi connectivity index (χ0v) is 21.7. The standard InChI is InChI=1S/C27H30N4O4S/c1-5-17(3)19-8-10-20(11-9-19)34-13-14-35-22-12-7-18(16-23(22)33-4)15-21-25(28)31-27(29-26(21)32)36-24(6-2)30-31/h7-12,15-17,28H,5-6,13-14H2,1-4H3/b21-15-,28-25?/t17-/m0/s1. The first-order valence-corrected chi connectivity index (χ1v) is 12.8. The second-order valence-electron chi connectivity index (χ2n) is 8.35. The highest BCUT2D eigenvalue weighted by Crippen LogP contribution is 2.32. The molecule has 0 unspecified atom stereocenters. The Morgan fingerprint density at radius 2 is 1.83 bits per heavy atom. The number of methoxy groups -OCH3 is 1. The van der Waals surface area contributed by atoms with Crippen LogP contribution in [0.5, 0.6) is 17.2 Å². The van der Waals surface area contributed by atoms with Crippen molar-refractivity contribution >= 4 is 39.8 Å². The molecule has 0 aromatic heterocycles. The number of benzene rings is 2. The lowest BCUT2D eigenvalue weighted by molar-refractivity contribution is -0.114. The maximum Gasteiger partial charge on any atom is 0.283 e. The number of amides is 1. The number of hydrogen-bond acceptors (Lipinski definition) is 7. The number of hydrogen-bond donors (Lipinski definition) is 1. The molecule has 0 spiro atoms. The van der Waals surface area contributed by atoms with Gasteiger partial charge in [0.1, 0.15) is 24.0 Å². The first-order valence-electron chi connectivity index (χ1n) is 12.0. The molecule has 0 bridgehead atoms. The summed E-state index contributed by atoms with van der Waals surface area (Å²) in [6.07, 6.45) is 3.44. The van der Waals surface area contributed by atoms with E-state index < -0.39 is 5.91 Å². The molecular formula is C27H30N4O4S. The highest BCUT2D eigenvalue weighted by atomic mass is 32.2. The van der Waals surface area contributed by atoms with Crippen molar-refractivity contribution in [1.29, 1.82) is 5.41 Å². The summed E-state index contributed by atoms with van der Waals surface area (Å²) >= 11 is 1.32. The number of nitrogens with one attached hydrogen (secondary N) is 1. The lowest BCUT2D eigenvalue weighted by atomic mass is 9.99. The molecule has 0 aliphatic carbocycles. The monoisotopic (exact) mass is 506 g/mol. The summed E-state index contributed by atoms with van der Waals surface area (Å²) in [7, 11) is 1.56. The van der Waals surface area contributed by atoms with Gasteiger partial charge in [-0.2, -0.15) is 15.1 Å². The fourth-order valence-electron chi connectivity index (χ4n) is 3.67. The molecule has 2 aromatic carbocycles. The van der Waals surface area contributed by atoms with Crippen molar-refractivity contribution in [3.05, 3.63) is 59.2 Å². The van der Waals surface area contributed by atoms with E-state index in [4.69, 9.17) is 19.6 Å². The Morgan fingerprint density at radius 3 is 2.53 bits per heavy atom. The van der Waals surface area contributed by atoms with E-state index in [0.717, 1.165) is 23.6 Å². The third kappa shape index (κ3) is 5.62. The molecule has 1 atom stereocenters. The van der Waals surface area contributed by atoms with Crippen molar-refractivity contribution in [2.24, 2.45) is 10.1 Å². The molecular weight excluding hydrogens is 476 g/mol. The zero-order valence-electron chi connectivity index (χ0n) is 20.9. The number of carbonyl (C=O) groups excluding carboxylic acids is 1. The molecule has 1 amide bonds. The largest absolute Gasteiger partial charge is 0.493 e. The number of fused-ring (bicyclic) bond motifs is 1. The predicted octanol–water partition coefficient (Wildman–Crippen LogP) is 5.70. The van der Waals surface area contributed by atoms with Crippen LogP contribution in [-0.2, 0) is 4.79 Å². The third-order valence-corrected chi connectivity index (χ3v) is 7.02. The van der Waals surface area contributed by atoms with E-state index in [1.807, 2.05) is 19.1 Å². The SMILES string of the molecule is CCC1=NN2C(=N)/C(=C/c3ccc(OCCOc4ccc([C@@H](C)CC)cc4)c(OC)c3)C(=O)N=C2S1. The topological polar surface area (TPSA) is 96.6 Å². The lowest BCUT2D eigenvalue weighted by Crippen LogP contribution is -2.35. The summed E-state index contributed by atoms with van der Waals surface area (Å²) in [6, 6.07) is 13.5. The summed E-state index contributed by atoms with van der Waals surface area (Å²) < 4.78 is 17.2. The predicted molar refractivity (Wildman–Crippen MR) is 144 cm³/mol. The van der Waals surface area contributed by atoms with E-state index in [-0.39, 0.29) is 11.4 Å². The smallest absolute Gasteiger partial charge is 0.283 e. The average Bonchev–Trinajstić information content (AvgIpc) is 3.32. The van der Waals surface area contributed by atoms with Crippen molar-refractivity contribution in [3.63, 3.8) is 0 Å². The fourth-order valence-corrected chi connectivity index (χ4v) is 4.50. The van der Waals surface area contributed by atoms with E-state index in [0.29, 0.717) is 41.4 Å². The normalized spacial score (nSPS) is 17.0. The number of aliphatic imine (C=N–C) groups is 1. The first kappa shape index (κ1) is 25.5. The highest BCUT2D eigenvalue weighted by Gasteiger charge is 2.35. The average molecular weight is 507 g/mol. The van der Waals surface area contributed by atoms with Crippen LogP contribution in [0, 0.1) is 5.41 Å². The van der Waals surface area contributed by atoms with Crippen LogP contribution in [0.25, 0.3) is 6.08 Å².